The van der Waals surface area contributed by atoms with Crippen molar-refractivity contribution in [1.82, 2.24) is 63.1 Å². The van der Waals surface area contributed by atoms with Crippen molar-refractivity contribution in [2.45, 2.75) is 162 Å². The van der Waals surface area contributed by atoms with Crippen molar-refractivity contribution in [3.8, 4) is 5.75 Å². The van der Waals surface area contributed by atoms with Crippen molar-refractivity contribution in [1.29, 1.82) is 0 Å². The summed E-state index contributed by atoms with van der Waals surface area (Å²) in [6, 6.07) is -8.21. The number of hydrogen-bond acceptors (Lipinski definition) is 21. The number of carboxylic acids is 2. The number of H-pyrrole nitrogens is 1. The van der Waals surface area contributed by atoms with Gasteiger partial charge in [0.2, 0.25) is 59.1 Å². The van der Waals surface area contributed by atoms with Crippen LogP contribution in [0.2, 0.25) is 0 Å². The summed E-state index contributed by atoms with van der Waals surface area (Å²) < 4.78 is 3.98. The van der Waals surface area contributed by atoms with Gasteiger partial charge in [-0.3, -0.25) is 72.7 Å². The Morgan fingerprint density at radius 1 is 0.624 bits per heavy atom. The van der Waals surface area contributed by atoms with Gasteiger partial charge in [0.05, 0.1) is 43.7 Å². The van der Waals surface area contributed by atoms with Crippen molar-refractivity contribution in [2.24, 2.45) is 71.6 Å². The zero-order valence-electron chi connectivity index (χ0n) is 55.9. The number of ether oxygens (including phenoxy) is 1. The second-order valence-electron chi connectivity index (χ2n) is 23.6. The average Bonchev–Trinajstić information content (AvgIpc) is 1.53. The second kappa shape index (κ2) is 43.2. The number of aliphatic carboxylic acids is 2. The predicted molar refractivity (Wildman–Crippen MR) is 374 cm³/mol. The number of methoxy groups -OCH3 is 1. The third-order valence-corrected chi connectivity index (χ3v) is 18.9. The molecule has 1 aromatic carbocycles. The Morgan fingerprint density at radius 3 is 1.64 bits per heavy atom. The summed E-state index contributed by atoms with van der Waals surface area (Å²) >= 11 is 0. The number of carbonyl (C=O) groups is 12. The Kier molecular flexibility index (Phi) is 35.5. The molecule has 1 spiro atoms. The largest absolute Gasteiger partial charge is 0.497 e. The fraction of sp³-hybridized carbons (Fsp3) is 0.576. The van der Waals surface area contributed by atoms with E-state index in [2.05, 4.69) is 83.1 Å². The van der Waals surface area contributed by atoms with Crippen molar-refractivity contribution in [3.63, 3.8) is 0 Å². The molecule has 2 fully saturated rings. The summed E-state index contributed by atoms with van der Waals surface area (Å²) in [5.74, 6) is -14.3. The van der Waals surface area contributed by atoms with Crippen LogP contribution in [0.5, 0.6) is 5.75 Å². The predicted octanol–water partition coefficient (Wildman–Crippen LogP) is -7.49. The number of rotatable bonds is 28. The van der Waals surface area contributed by atoms with Gasteiger partial charge in [-0.25, -0.2) is 9.78 Å². The fourth-order valence-electron chi connectivity index (χ4n) is 10.4. The molecule has 31 N–H and O–H groups in total. The molecule has 4 rings (SSSR count). The molecule has 0 radical (unpaired) electrons. The number of imidazole rings is 1. The van der Waals surface area contributed by atoms with Crippen LogP contribution in [0.3, 0.4) is 0 Å². The smallest absolute Gasteiger partial charge is 0.326 e. The summed E-state index contributed by atoms with van der Waals surface area (Å²) in [5, 5.41) is 45.7. The standard InChI is InChI=1S/C59H95N25O15S2/c1-99-33-15-13-31(14-16-33)23-38-49(92)80-36(11-7-21-72-57(65)66)48(91)83-41(52(95)81-37(54(97)98)12-8-22-73-58(67)68)29-100-101-59(17-3-2-4-18-59)45(84-46(89)34(60)9-5-19-70-55(61)62)53(96)75-28-43(86)77-39(24-32-26-69-30-76-32)50(93)79-35(10-6-20-71-56(63)64)47(90)74-27-42(85)78-40(25-44(87)88)51(94)82-38/h13-16,26,30,34-41,45H,2-12,17-25,27-29,60H2,1H3,(H,69,76)(H,74,90)(H,75,96)(H,77,86)(H,78,85)(H,79,93)(H,80,92)(H,81,95)(H,82,94)(H,83,91)(H,84,89)(H,87,88)(H,97,98)(H4,61,62,70)(H4,63,64,71)(H4,65,66,72)(H4,67,68,73)/t34-,35-,36-,37-,38-,39-,40-,41-,45?/m0/s1. The lowest BCUT2D eigenvalue weighted by Crippen LogP contribution is -2.62. The van der Waals surface area contributed by atoms with Crippen molar-refractivity contribution in [3.05, 3.63) is 48.0 Å². The van der Waals surface area contributed by atoms with Crippen LogP contribution in [0, 0.1) is 0 Å². The van der Waals surface area contributed by atoms with Crippen LogP contribution in [0.4, 0.5) is 0 Å². The molecule has 1 unspecified atom stereocenters. The first-order valence-electron chi connectivity index (χ1n) is 32.3. The zero-order chi connectivity index (χ0) is 74.6. The number of nitrogens with two attached hydrogens (primary N) is 9. The van der Waals surface area contributed by atoms with E-state index in [9.17, 15) is 58.2 Å². The Hall–Kier alpha value is -10.4. The topological polar surface area (TPSA) is 687 Å². The number of hydrogen-bond donors (Lipinski definition) is 22. The monoisotopic (exact) mass is 1460 g/mol. The van der Waals surface area contributed by atoms with Crippen molar-refractivity contribution in [2.75, 3.05) is 52.1 Å². The molecule has 2 aliphatic rings. The molecule has 2 aromatic rings. The summed E-state index contributed by atoms with van der Waals surface area (Å²) in [7, 11) is 3.39. The first kappa shape index (κ1) is 83.0. The zero-order valence-corrected chi connectivity index (χ0v) is 57.5. The first-order valence-corrected chi connectivity index (χ1v) is 34.6. The van der Waals surface area contributed by atoms with Gasteiger partial charge in [-0.05, 0) is 81.9 Å². The highest BCUT2D eigenvalue weighted by Gasteiger charge is 2.47. The maximum absolute atomic E-state index is 15.0. The molecule has 0 bridgehead atoms. The van der Waals surface area contributed by atoms with Crippen LogP contribution in [0.15, 0.2) is 56.8 Å². The van der Waals surface area contributed by atoms with Crippen LogP contribution in [0.25, 0.3) is 0 Å². The van der Waals surface area contributed by atoms with E-state index in [4.69, 9.17) is 56.3 Å². The van der Waals surface area contributed by atoms with Gasteiger partial charge in [0.15, 0.2) is 23.8 Å². The minimum atomic E-state index is -1.95. The number of aromatic amines is 1. The summed E-state index contributed by atoms with van der Waals surface area (Å²) in [6.07, 6.45) is 2.64. The number of nitrogens with zero attached hydrogens (tertiary/aromatic N) is 5. The van der Waals surface area contributed by atoms with E-state index in [1.165, 1.54) is 19.6 Å². The Balaban J connectivity index is 1.95. The third-order valence-electron chi connectivity index (χ3n) is 15.6. The highest BCUT2D eigenvalue weighted by molar-refractivity contribution is 8.77. The number of carbonyl (C=O) groups excluding carboxylic acids is 10. The van der Waals surface area contributed by atoms with Gasteiger partial charge in [0, 0.05) is 56.7 Å². The van der Waals surface area contributed by atoms with Gasteiger partial charge in [0.25, 0.3) is 0 Å². The number of aliphatic imine (C=N–C) groups is 4. The van der Waals surface area contributed by atoms with E-state index >= 15 is 9.59 Å². The Labute approximate surface area is 589 Å². The lowest BCUT2D eigenvalue weighted by Gasteiger charge is -2.42. The number of amides is 10. The SMILES string of the molecule is COc1ccc(C[C@@H]2NC(=O)[C@H](CC(=O)O)NC(=O)CNC(=O)[C@H](CCCN=C(N)N)NC(=O)[C@H](Cc3cnc[nH]3)NC(=O)CNC(=O)C(NC(=O)[C@@H](N)CCCN=C(N)N)C3(CCCCC3)SSC[C@@H](C(=O)N[C@@H](CCCN=C(N)N)C(=O)O)NC(=O)[C@H](CCCN=C(N)N)NC2=O)cc1. The number of nitrogens with one attached hydrogen (secondary N) is 11. The van der Waals surface area contributed by atoms with E-state index in [-0.39, 0.29) is 127 Å². The molecule has 9 atom stereocenters. The molecule has 1 saturated heterocycles. The molecule has 101 heavy (non-hydrogen) atoms. The lowest BCUT2D eigenvalue weighted by molar-refractivity contribution is -0.142. The first-order chi connectivity index (χ1) is 48.0. The van der Waals surface area contributed by atoms with Gasteiger partial charge in [-0.15, -0.1) is 0 Å². The van der Waals surface area contributed by atoms with Crippen molar-refractivity contribution < 1.29 is 72.5 Å². The van der Waals surface area contributed by atoms with E-state index in [1.54, 1.807) is 24.3 Å². The molecule has 42 heteroatoms. The van der Waals surface area contributed by atoms with Gasteiger partial charge in [0.1, 0.15) is 54.1 Å². The highest BCUT2D eigenvalue weighted by atomic mass is 33.1. The van der Waals surface area contributed by atoms with Crippen LogP contribution in [-0.2, 0) is 70.4 Å². The molecule has 1 saturated carbocycles. The average molecular weight is 1460 g/mol. The Morgan fingerprint density at radius 2 is 1.12 bits per heavy atom. The molecule has 1 aromatic heterocycles. The van der Waals surface area contributed by atoms with E-state index in [0.717, 1.165) is 21.6 Å². The Bertz CT molecular complexity index is 3250. The van der Waals surface area contributed by atoms with Gasteiger partial charge in [-0.2, -0.15) is 0 Å². The molecule has 10 amide bonds. The molecule has 1 aliphatic heterocycles. The highest BCUT2D eigenvalue weighted by Crippen LogP contribution is 2.48. The second-order valence-corrected chi connectivity index (χ2v) is 26.3. The molecular weight excluding hydrogens is 1360 g/mol. The number of benzene rings is 1. The van der Waals surface area contributed by atoms with E-state index in [0.29, 0.717) is 36.3 Å². The lowest BCUT2D eigenvalue weighted by atomic mass is 9.82. The molecule has 558 valence electrons. The maximum atomic E-state index is 15.0. The third kappa shape index (κ3) is 30.7. The molecule has 40 nitrogen and oxygen atoms in total. The summed E-state index contributed by atoms with van der Waals surface area (Å²) in [4.78, 5) is 192. The number of carboxylic acid groups (broad SMARTS) is 2. The molecule has 1 aliphatic carbocycles. The number of aromatic nitrogens is 2. The van der Waals surface area contributed by atoms with E-state index in [1.807, 2.05) is 0 Å². The van der Waals surface area contributed by atoms with E-state index < -0.39 is 155 Å². The van der Waals surface area contributed by atoms with Gasteiger partial charge >= 0.3 is 11.9 Å². The van der Waals surface area contributed by atoms with Gasteiger partial charge in [-0.1, -0.05) is 53.0 Å². The van der Waals surface area contributed by atoms with Gasteiger partial charge < -0.3 is 125 Å². The van der Waals surface area contributed by atoms with Crippen molar-refractivity contribution >= 4 is 116 Å². The maximum Gasteiger partial charge on any atom is 0.326 e. The molecule has 2 heterocycles. The fourth-order valence-corrected chi connectivity index (χ4v) is 13.9. The quantitative estimate of drug-likeness (QED) is 0.0163. The summed E-state index contributed by atoms with van der Waals surface area (Å²) in [6.45, 7) is -1.85. The van der Waals surface area contributed by atoms with Crippen LogP contribution < -0.4 is 110 Å². The van der Waals surface area contributed by atoms with Crippen LogP contribution in [-0.4, -0.2) is 226 Å². The molecular formula is C59H95N25O15S2. The van der Waals surface area contributed by atoms with Crippen LogP contribution in [0.1, 0.15) is 101 Å². The minimum Gasteiger partial charge on any atom is -0.497 e. The number of guanidine groups is 4. The van der Waals surface area contributed by atoms with Crippen LogP contribution >= 0.6 is 21.6 Å². The normalized spacial score (nSPS) is 21.4. The minimum absolute atomic E-state index is 0.0243. The summed E-state index contributed by atoms with van der Waals surface area (Å²) in [5.41, 5.74) is 51.4.